The summed E-state index contributed by atoms with van der Waals surface area (Å²) in [5.74, 6) is 0. The fourth-order valence-corrected chi connectivity index (χ4v) is 0.855. The zero-order valence-electron chi connectivity index (χ0n) is 7.40. The van der Waals surface area contributed by atoms with Crippen LogP contribution in [0.15, 0.2) is 12.7 Å². The molecule has 0 spiro atoms. The smallest absolute Gasteiger partial charge is 0.139 e. The number of ether oxygens (including phenoxy) is 1. The summed E-state index contributed by atoms with van der Waals surface area (Å²) >= 11 is 0. The number of nitrogens with one attached hydrogen (secondary N) is 1. The summed E-state index contributed by atoms with van der Waals surface area (Å²) in [5.41, 5.74) is 3.03. The minimum absolute atomic E-state index is 0.194. The maximum atomic E-state index is 5.32. The van der Waals surface area contributed by atoms with E-state index in [-0.39, 0.29) is 6.10 Å². The molecule has 0 saturated carbocycles. The molecule has 1 aromatic heterocycles. The van der Waals surface area contributed by atoms with Crippen LogP contribution in [0.3, 0.4) is 0 Å². The van der Waals surface area contributed by atoms with Gasteiger partial charge in [-0.25, -0.2) is 4.98 Å². The van der Waals surface area contributed by atoms with E-state index in [2.05, 4.69) is 15.5 Å². The summed E-state index contributed by atoms with van der Waals surface area (Å²) in [4.78, 5) is 5.36. The molecular weight excluding hydrogens is 156 g/mol. The van der Waals surface area contributed by atoms with Crippen LogP contribution in [0.2, 0.25) is 0 Å². The van der Waals surface area contributed by atoms with Gasteiger partial charge in [0.15, 0.2) is 0 Å². The highest BCUT2D eigenvalue weighted by atomic mass is 16.5. The van der Waals surface area contributed by atoms with Crippen LogP contribution in [0.5, 0.6) is 0 Å². The van der Waals surface area contributed by atoms with Gasteiger partial charge in [0, 0.05) is 6.61 Å². The van der Waals surface area contributed by atoms with E-state index in [0.717, 1.165) is 13.2 Å². The number of aromatic nitrogens is 3. The van der Waals surface area contributed by atoms with Crippen molar-refractivity contribution >= 4 is 0 Å². The quantitative estimate of drug-likeness (QED) is 0.688. The average molecular weight is 170 g/mol. The van der Waals surface area contributed by atoms with E-state index in [9.17, 15) is 0 Å². The predicted molar refractivity (Wildman–Crippen MR) is 45.3 cm³/mol. The van der Waals surface area contributed by atoms with Crippen molar-refractivity contribution in [3.8, 4) is 0 Å². The lowest BCUT2D eigenvalue weighted by molar-refractivity contribution is 0.0833. The molecule has 1 heterocycles. The Balaban J connectivity index is 2.17. The van der Waals surface area contributed by atoms with Crippen LogP contribution >= 0.6 is 0 Å². The summed E-state index contributed by atoms with van der Waals surface area (Å²) in [6, 6.07) is 0. The summed E-state index contributed by atoms with van der Waals surface area (Å²) < 4.78 is 5.32. The molecule has 0 aliphatic heterocycles. The molecule has 0 amide bonds. The topological polar surface area (TPSA) is 52.0 Å². The van der Waals surface area contributed by atoms with Gasteiger partial charge in [-0.1, -0.05) is 0 Å². The van der Waals surface area contributed by atoms with Crippen molar-refractivity contribution in [1.29, 1.82) is 0 Å². The maximum absolute atomic E-state index is 5.32. The van der Waals surface area contributed by atoms with Gasteiger partial charge in [-0.3, -0.25) is 0 Å². The Morgan fingerprint density at radius 2 is 2.50 bits per heavy atom. The van der Waals surface area contributed by atoms with Crippen molar-refractivity contribution in [3.63, 3.8) is 0 Å². The number of hydrogen-bond acceptors (Lipinski definition) is 4. The second-order valence-corrected chi connectivity index (χ2v) is 2.47. The molecule has 1 N–H and O–H groups in total. The van der Waals surface area contributed by atoms with Crippen LogP contribution < -0.4 is 5.43 Å². The lowest BCUT2D eigenvalue weighted by atomic mass is 10.4. The van der Waals surface area contributed by atoms with Gasteiger partial charge in [-0.15, -0.1) is 5.10 Å². The molecule has 0 radical (unpaired) electrons. The van der Waals surface area contributed by atoms with Crippen LogP contribution in [0, 0.1) is 0 Å². The standard InChI is InChI=1S/C7H14N4O/c1-3-12-7(2)4-9-11-6-8-5-10-11/h5-7,9H,3-4H2,1-2H3. The van der Waals surface area contributed by atoms with Crippen molar-refractivity contribution in [2.24, 2.45) is 0 Å². The first-order valence-electron chi connectivity index (χ1n) is 4.03. The third-order valence-electron chi connectivity index (χ3n) is 1.41. The number of hydrogen-bond donors (Lipinski definition) is 1. The Morgan fingerprint density at radius 1 is 1.67 bits per heavy atom. The molecule has 0 bridgehead atoms. The van der Waals surface area contributed by atoms with Crippen molar-refractivity contribution in [2.45, 2.75) is 20.0 Å². The molecule has 0 aliphatic rings. The Kier molecular flexibility index (Phi) is 3.53. The molecule has 5 heteroatoms. The third-order valence-corrected chi connectivity index (χ3v) is 1.41. The van der Waals surface area contributed by atoms with Crippen LogP contribution in [-0.2, 0) is 4.74 Å². The molecule has 0 aliphatic carbocycles. The van der Waals surface area contributed by atoms with Gasteiger partial charge >= 0.3 is 0 Å². The lowest BCUT2D eigenvalue weighted by Crippen LogP contribution is -2.26. The second kappa shape index (κ2) is 4.71. The van der Waals surface area contributed by atoms with Gasteiger partial charge in [-0.05, 0) is 13.8 Å². The third kappa shape index (κ3) is 2.87. The molecule has 0 fully saturated rings. The minimum atomic E-state index is 0.194. The Morgan fingerprint density at radius 3 is 3.08 bits per heavy atom. The van der Waals surface area contributed by atoms with Crippen LogP contribution in [0.25, 0.3) is 0 Å². The predicted octanol–water partition coefficient (Wildman–Crippen LogP) is 0.247. The van der Waals surface area contributed by atoms with Gasteiger partial charge in [0.05, 0.1) is 12.6 Å². The first-order chi connectivity index (χ1) is 5.83. The van der Waals surface area contributed by atoms with Crippen LogP contribution in [-0.4, -0.2) is 34.1 Å². The fourth-order valence-electron chi connectivity index (χ4n) is 0.855. The van der Waals surface area contributed by atoms with Gasteiger partial charge in [0.25, 0.3) is 0 Å². The molecule has 12 heavy (non-hydrogen) atoms. The maximum Gasteiger partial charge on any atom is 0.139 e. The number of rotatable bonds is 5. The van der Waals surface area contributed by atoms with Crippen molar-refractivity contribution < 1.29 is 4.74 Å². The SMILES string of the molecule is CCOC(C)CNn1cncn1. The van der Waals surface area contributed by atoms with Crippen molar-refractivity contribution in [1.82, 2.24) is 14.9 Å². The first-order valence-corrected chi connectivity index (χ1v) is 4.03. The number of nitrogens with zero attached hydrogens (tertiary/aromatic N) is 3. The van der Waals surface area contributed by atoms with Gasteiger partial charge in [0.1, 0.15) is 12.7 Å². The van der Waals surface area contributed by atoms with Gasteiger partial charge < -0.3 is 10.2 Å². The van der Waals surface area contributed by atoms with Crippen molar-refractivity contribution in [2.75, 3.05) is 18.6 Å². The molecule has 0 saturated heterocycles. The van der Waals surface area contributed by atoms with Gasteiger partial charge in [-0.2, -0.15) is 4.79 Å². The Hall–Kier alpha value is -1.10. The minimum Gasteiger partial charge on any atom is -0.377 e. The molecule has 5 nitrogen and oxygen atoms in total. The summed E-state index contributed by atoms with van der Waals surface area (Å²) in [5, 5.41) is 3.89. The largest absolute Gasteiger partial charge is 0.377 e. The summed E-state index contributed by atoms with van der Waals surface area (Å²) in [7, 11) is 0. The van der Waals surface area contributed by atoms with E-state index in [4.69, 9.17) is 4.74 Å². The fraction of sp³-hybridized carbons (Fsp3) is 0.714. The van der Waals surface area contributed by atoms with E-state index in [1.807, 2.05) is 13.8 Å². The van der Waals surface area contributed by atoms with Gasteiger partial charge in [0.2, 0.25) is 0 Å². The van der Waals surface area contributed by atoms with Crippen molar-refractivity contribution in [3.05, 3.63) is 12.7 Å². The molecule has 1 atom stereocenters. The summed E-state index contributed by atoms with van der Waals surface area (Å²) in [6.45, 7) is 5.46. The molecule has 1 unspecified atom stereocenters. The highest BCUT2D eigenvalue weighted by Gasteiger charge is 1.99. The Labute approximate surface area is 71.7 Å². The average Bonchev–Trinajstić information content (AvgIpc) is 2.53. The zero-order valence-corrected chi connectivity index (χ0v) is 7.40. The lowest BCUT2D eigenvalue weighted by Gasteiger charge is -2.12. The van der Waals surface area contributed by atoms with Crippen LogP contribution in [0.1, 0.15) is 13.8 Å². The Bertz CT molecular complexity index is 199. The van der Waals surface area contributed by atoms with E-state index < -0.39 is 0 Å². The molecular formula is C7H14N4O. The van der Waals surface area contributed by atoms with E-state index in [0.29, 0.717) is 0 Å². The monoisotopic (exact) mass is 170 g/mol. The highest BCUT2D eigenvalue weighted by molar-refractivity contribution is 4.70. The molecule has 1 rings (SSSR count). The highest BCUT2D eigenvalue weighted by Crippen LogP contribution is 1.87. The zero-order chi connectivity index (χ0) is 8.81. The summed E-state index contributed by atoms with van der Waals surface area (Å²) in [6.07, 6.45) is 3.29. The van der Waals surface area contributed by atoms with Crippen LogP contribution in [0.4, 0.5) is 0 Å². The van der Waals surface area contributed by atoms with E-state index in [1.54, 1.807) is 11.1 Å². The van der Waals surface area contributed by atoms with E-state index in [1.165, 1.54) is 6.33 Å². The van der Waals surface area contributed by atoms with E-state index >= 15 is 0 Å². The normalized spacial score (nSPS) is 12.8. The second-order valence-electron chi connectivity index (χ2n) is 2.47. The molecule has 1 aromatic rings. The molecule has 0 aromatic carbocycles. The molecule has 68 valence electrons. The first kappa shape index (κ1) is 8.99.